The molecule has 0 bridgehead atoms. The van der Waals surface area contributed by atoms with E-state index < -0.39 is 0 Å². The molecule has 3 rings (SSSR count). The SMILES string of the molecule is O=C(/C=C/c1ccccc1)N[C-](/C=C/c1ccccc1)c1ccccc1. The zero-order valence-corrected chi connectivity index (χ0v) is 14.4. The molecule has 0 aliphatic rings. The van der Waals surface area contributed by atoms with Crippen molar-refractivity contribution in [1.82, 2.24) is 5.32 Å². The number of hydrogen-bond donors (Lipinski definition) is 1. The fourth-order valence-corrected chi connectivity index (χ4v) is 2.48. The molecule has 0 aliphatic carbocycles. The van der Waals surface area contributed by atoms with Gasteiger partial charge < -0.3 is 5.32 Å². The molecule has 3 aromatic rings. The fourth-order valence-electron chi connectivity index (χ4n) is 2.48. The molecule has 0 aromatic heterocycles. The van der Waals surface area contributed by atoms with Crippen LogP contribution in [0.15, 0.2) is 103 Å². The second kappa shape index (κ2) is 9.09. The standard InChI is InChI=1S/C24H20NO/c26-24(19-17-21-12-6-2-7-13-21)25-23(22-14-8-3-9-15-22)18-16-20-10-4-1-5-11-20/h1-19H,(H,25,26)/q-1/b18-16+,19-17+. The van der Waals surface area contributed by atoms with E-state index in [1.807, 2.05) is 103 Å². The Morgan fingerprint density at radius 3 is 1.77 bits per heavy atom. The smallest absolute Gasteiger partial charge is 0.240 e. The number of carbonyl (C=O) groups is 1. The highest BCUT2D eigenvalue weighted by molar-refractivity contribution is 5.93. The first-order chi connectivity index (χ1) is 12.8. The van der Waals surface area contributed by atoms with Gasteiger partial charge in [-0.15, -0.1) is 42.0 Å². The van der Waals surface area contributed by atoms with Crippen LogP contribution in [0, 0.1) is 6.04 Å². The van der Waals surface area contributed by atoms with Gasteiger partial charge in [0.05, 0.1) is 0 Å². The van der Waals surface area contributed by atoms with Crippen LogP contribution in [0.3, 0.4) is 0 Å². The zero-order valence-electron chi connectivity index (χ0n) is 14.4. The number of hydrogen-bond acceptors (Lipinski definition) is 1. The molecule has 0 spiro atoms. The molecule has 2 nitrogen and oxygen atoms in total. The van der Waals surface area contributed by atoms with Gasteiger partial charge >= 0.3 is 0 Å². The maximum Gasteiger partial charge on any atom is 0.240 e. The van der Waals surface area contributed by atoms with Gasteiger partial charge in [-0.1, -0.05) is 72.3 Å². The Balaban J connectivity index is 1.74. The van der Waals surface area contributed by atoms with Gasteiger partial charge in [-0.2, -0.15) is 0 Å². The molecule has 3 aromatic carbocycles. The summed E-state index contributed by atoms with van der Waals surface area (Å²) in [5.41, 5.74) is 3.03. The van der Waals surface area contributed by atoms with Crippen LogP contribution in [0.25, 0.3) is 12.2 Å². The van der Waals surface area contributed by atoms with Crippen LogP contribution in [0.1, 0.15) is 16.7 Å². The molecule has 1 N–H and O–H groups in total. The van der Waals surface area contributed by atoms with E-state index in [1.165, 1.54) is 0 Å². The summed E-state index contributed by atoms with van der Waals surface area (Å²) >= 11 is 0. The second-order valence-corrected chi connectivity index (χ2v) is 5.76. The Morgan fingerprint density at radius 1 is 0.692 bits per heavy atom. The lowest BCUT2D eigenvalue weighted by atomic mass is 10.0. The second-order valence-electron chi connectivity index (χ2n) is 5.76. The first-order valence-electron chi connectivity index (χ1n) is 8.51. The van der Waals surface area contributed by atoms with Crippen LogP contribution in [0.4, 0.5) is 0 Å². The summed E-state index contributed by atoms with van der Waals surface area (Å²) in [7, 11) is 0. The lowest BCUT2D eigenvalue weighted by Crippen LogP contribution is -2.26. The molecule has 0 heterocycles. The van der Waals surface area contributed by atoms with E-state index in [1.54, 1.807) is 12.2 Å². The molecular formula is C24H20NO-. The normalized spacial score (nSPS) is 10.9. The number of benzene rings is 3. The first-order valence-corrected chi connectivity index (χ1v) is 8.51. The van der Waals surface area contributed by atoms with Crippen molar-refractivity contribution in [2.24, 2.45) is 0 Å². The summed E-state index contributed by atoms with van der Waals surface area (Å²) in [5, 5.41) is 2.98. The maximum atomic E-state index is 12.4. The minimum absolute atomic E-state index is 0.162. The van der Waals surface area contributed by atoms with E-state index in [0.29, 0.717) is 0 Å². The van der Waals surface area contributed by atoms with Crippen LogP contribution in [0.5, 0.6) is 0 Å². The van der Waals surface area contributed by atoms with E-state index in [4.69, 9.17) is 0 Å². The topological polar surface area (TPSA) is 29.1 Å². The molecule has 1 amide bonds. The molecular weight excluding hydrogens is 318 g/mol. The summed E-state index contributed by atoms with van der Waals surface area (Å²) in [6.45, 7) is 0. The van der Waals surface area contributed by atoms with Crippen molar-refractivity contribution in [3.8, 4) is 0 Å². The Bertz CT molecular complexity index is 868. The largest absolute Gasteiger partial charge is 0.363 e. The summed E-state index contributed by atoms with van der Waals surface area (Å²) in [5.74, 6) is -0.162. The Labute approximate surface area is 154 Å². The predicted molar refractivity (Wildman–Crippen MR) is 108 cm³/mol. The highest BCUT2D eigenvalue weighted by Crippen LogP contribution is 2.15. The van der Waals surface area contributed by atoms with Gasteiger partial charge in [0, 0.05) is 6.08 Å². The van der Waals surface area contributed by atoms with Gasteiger partial charge in [0.15, 0.2) is 0 Å². The molecule has 26 heavy (non-hydrogen) atoms. The third-order valence-electron chi connectivity index (χ3n) is 3.81. The van der Waals surface area contributed by atoms with Gasteiger partial charge in [-0.3, -0.25) is 4.79 Å². The third-order valence-corrected chi connectivity index (χ3v) is 3.81. The van der Waals surface area contributed by atoms with E-state index in [9.17, 15) is 4.79 Å². The first kappa shape index (κ1) is 17.3. The summed E-state index contributed by atoms with van der Waals surface area (Å²) < 4.78 is 0. The van der Waals surface area contributed by atoms with Crippen molar-refractivity contribution in [3.63, 3.8) is 0 Å². The average molecular weight is 338 g/mol. The molecule has 0 fully saturated rings. The van der Waals surface area contributed by atoms with Crippen molar-refractivity contribution in [1.29, 1.82) is 0 Å². The van der Waals surface area contributed by atoms with Gasteiger partial charge in [0.2, 0.25) is 5.91 Å². The molecule has 0 saturated heterocycles. The third kappa shape index (κ3) is 5.25. The number of amides is 1. The van der Waals surface area contributed by atoms with Gasteiger partial charge in [0.25, 0.3) is 0 Å². The summed E-state index contributed by atoms with van der Waals surface area (Å²) in [6.07, 6.45) is 7.27. The number of nitrogens with one attached hydrogen (secondary N) is 1. The van der Waals surface area contributed by atoms with Gasteiger partial charge in [-0.25, -0.2) is 0 Å². The van der Waals surface area contributed by atoms with Crippen LogP contribution in [-0.4, -0.2) is 5.91 Å². The summed E-state index contributed by atoms with van der Waals surface area (Å²) in [6, 6.07) is 30.4. The highest BCUT2D eigenvalue weighted by Gasteiger charge is 2.03. The maximum absolute atomic E-state index is 12.4. The number of rotatable bonds is 6. The van der Waals surface area contributed by atoms with Crippen molar-refractivity contribution < 1.29 is 4.79 Å². The molecule has 2 heteroatoms. The van der Waals surface area contributed by atoms with E-state index in [0.717, 1.165) is 22.7 Å². The van der Waals surface area contributed by atoms with Gasteiger partial charge in [0.1, 0.15) is 0 Å². The van der Waals surface area contributed by atoms with Gasteiger partial charge in [-0.05, 0) is 17.7 Å². The molecule has 0 radical (unpaired) electrons. The van der Waals surface area contributed by atoms with Crippen LogP contribution in [-0.2, 0) is 4.79 Å². The molecule has 0 atom stereocenters. The lowest BCUT2D eigenvalue weighted by Gasteiger charge is -2.21. The molecule has 0 aliphatic heterocycles. The minimum Gasteiger partial charge on any atom is -0.363 e. The van der Waals surface area contributed by atoms with Crippen molar-refractivity contribution in [3.05, 3.63) is 126 Å². The van der Waals surface area contributed by atoms with Crippen molar-refractivity contribution in [2.45, 2.75) is 0 Å². The molecule has 0 saturated carbocycles. The monoisotopic (exact) mass is 338 g/mol. The Kier molecular flexibility index (Phi) is 6.05. The van der Waals surface area contributed by atoms with Crippen molar-refractivity contribution in [2.75, 3.05) is 0 Å². The Morgan fingerprint density at radius 2 is 1.19 bits per heavy atom. The van der Waals surface area contributed by atoms with E-state index in [2.05, 4.69) is 5.32 Å². The van der Waals surface area contributed by atoms with E-state index >= 15 is 0 Å². The van der Waals surface area contributed by atoms with Crippen molar-refractivity contribution >= 4 is 18.1 Å². The molecule has 0 unspecified atom stereocenters. The van der Waals surface area contributed by atoms with Crippen LogP contribution in [0.2, 0.25) is 0 Å². The molecule has 128 valence electrons. The van der Waals surface area contributed by atoms with Crippen LogP contribution < -0.4 is 5.32 Å². The fraction of sp³-hybridized carbons (Fsp3) is 0. The average Bonchev–Trinajstić information content (AvgIpc) is 2.72. The van der Waals surface area contributed by atoms with Crippen LogP contribution >= 0.6 is 0 Å². The Hall–Kier alpha value is -3.52. The predicted octanol–water partition coefficient (Wildman–Crippen LogP) is 5.11. The summed E-state index contributed by atoms with van der Waals surface area (Å²) in [4.78, 5) is 12.4. The minimum atomic E-state index is -0.162. The highest BCUT2D eigenvalue weighted by atomic mass is 16.1. The lowest BCUT2D eigenvalue weighted by molar-refractivity contribution is -0.116. The quantitative estimate of drug-likeness (QED) is 0.491. The van der Waals surface area contributed by atoms with E-state index in [-0.39, 0.29) is 5.91 Å². The zero-order chi connectivity index (χ0) is 18.0. The number of carbonyl (C=O) groups excluding carboxylic acids is 1.